The molecular formula is C16H21NS2. The van der Waals surface area contributed by atoms with Crippen LogP contribution in [0.15, 0.2) is 41.1 Å². The molecule has 0 radical (unpaired) electrons. The lowest BCUT2D eigenvalue weighted by Crippen LogP contribution is -2.28. The van der Waals surface area contributed by atoms with E-state index in [-0.39, 0.29) is 0 Å². The topological polar surface area (TPSA) is 3.24 Å². The van der Waals surface area contributed by atoms with Gasteiger partial charge in [-0.2, -0.15) is 0 Å². The van der Waals surface area contributed by atoms with Crippen LogP contribution in [0.2, 0.25) is 0 Å². The Kier molecular flexibility index (Phi) is 5.37. The summed E-state index contributed by atoms with van der Waals surface area (Å²) in [7, 11) is 2.20. The molecule has 0 aromatic carbocycles. The zero-order chi connectivity index (χ0) is 13.7. The van der Waals surface area contributed by atoms with E-state index in [0.717, 1.165) is 6.54 Å². The van der Waals surface area contributed by atoms with Crippen molar-refractivity contribution < 1.29 is 0 Å². The molecule has 102 valence electrons. The maximum absolute atomic E-state index is 2.40. The van der Waals surface area contributed by atoms with Crippen molar-refractivity contribution in [2.75, 3.05) is 13.6 Å². The summed E-state index contributed by atoms with van der Waals surface area (Å²) >= 11 is 3.63. The predicted molar refractivity (Wildman–Crippen MR) is 88.1 cm³/mol. The maximum Gasteiger partial charge on any atom is 0.0354 e. The highest BCUT2D eigenvalue weighted by Crippen LogP contribution is 2.31. The van der Waals surface area contributed by atoms with E-state index in [1.54, 1.807) is 0 Å². The van der Waals surface area contributed by atoms with E-state index in [0.29, 0.717) is 6.04 Å². The first-order chi connectivity index (χ1) is 9.22. The van der Waals surface area contributed by atoms with Gasteiger partial charge in [-0.15, -0.1) is 22.7 Å². The van der Waals surface area contributed by atoms with Crippen LogP contribution < -0.4 is 0 Å². The first kappa shape index (κ1) is 14.5. The van der Waals surface area contributed by atoms with E-state index in [9.17, 15) is 0 Å². The lowest BCUT2D eigenvalue weighted by atomic mass is 10.1. The number of thiophene rings is 2. The number of nitrogens with zero attached hydrogens (tertiary/aromatic N) is 1. The standard InChI is InChI=1S/C16H21NS2/c1-4-9-17(3)13(2)12-14(15-7-5-10-18-15)16-8-6-11-19-16/h5-8,10-13H,4,9H2,1-3H3. The number of hydrogen-bond donors (Lipinski definition) is 0. The normalized spacial score (nSPS) is 12.6. The largest absolute Gasteiger partial charge is 0.300 e. The third-order valence-electron chi connectivity index (χ3n) is 3.25. The van der Waals surface area contributed by atoms with Crippen LogP contribution in [0.4, 0.5) is 0 Å². The van der Waals surface area contributed by atoms with Crippen molar-refractivity contribution in [2.24, 2.45) is 0 Å². The third kappa shape index (κ3) is 3.78. The highest BCUT2D eigenvalue weighted by molar-refractivity contribution is 7.13. The molecule has 2 rings (SSSR count). The average Bonchev–Trinajstić information content (AvgIpc) is 3.09. The summed E-state index contributed by atoms with van der Waals surface area (Å²) in [4.78, 5) is 5.12. The van der Waals surface area contributed by atoms with Gasteiger partial charge in [0.15, 0.2) is 0 Å². The molecule has 1 atom stereocenters. The van der Waals surface area contributed by atoms with Crippen LogP contribution in [0.1, 0.15) is 30.0 Å². The Morgan fingerprint density at radius 3 is 2.21 bits per heavy atom. The van der Waals surface area contributed by atoms with Crippen molar-refractivity contribution in [1.29, 1.82) is 0 Å². The van der Waals surface area contributed by atoms with Gasteiger partial charge in [-0.05, 0) is 49.8 Å². The van der Waals surface area contributed by atoms with Gasteiger partial charge in [0.25, 0.3) is 0 Å². The van der Waals surface area contributed by atoms with Crippen LogP contribution in [0.5, 0.6) is 0 Å². The molecule has 1 nitrogen and oxygen atoms in total. The quantitative estimate of drug-likeness (QED) is 0.726. The molecule has 0 bridgehead atoms. The monoisotopic (exact) mass is 291 g/mol. The van der Waals surface area contributed by atoms with Crippen molar-refractivity contribution >= 4 is 28.2 Å². The molecule has 0 aliphatic carbocycles. The summed E-state index contributed by atoms with van der Waals surface area (Å²) in [5, 5.41) is 4.30. The Labute approximate surface area is 124 Å². The van der Waals surface area contributed by atoms with Crippen molar-refractivity contribution in [3.05, 3.63) is 50.9 Å². The first-order valence-corrected chi connectivity index (χ1v) is 8.48. The third-order valence-corrected chi connectivity index (χ3v) is 5.06. The molecule has 1 unspecified atom stereocenters. The molecule has 0 aliphatic rings. The molecule has 0 amide bonds. The van der Waals surface area contributed by atoms with E-state index in [2.05, 4.69) is 66.9 Å². The molecule has 2 heterocycles. The van der Waals surface area contributed by atoms with Gasteiger partial charge in [0.05, 0.1) is 0 Å². The lowest BCUT2D eigenvalue weighted by molar-refractivity contribution is 0.298. The minimum Gasteiger partial charge on any atom is -0.300 e. The van der Waals surface area contributed by atoms with E-state index in [4.69, 9.17) is 0 Å². The first-order valence-electron chi connectivity index (χ1n) is 6.72. The molecule has 0 aliphatic heterocycles. The highest BCUT2D eigenvalue weighted by atomic mass is 32.1. The molecule has 0 N–H and O–H groups in total. The summed E-state index contributed by atoms with van der Waals surface area (Å²) in [5.74, 6) is 0. The van der Waals surface area contributed by atoms with Gasteiger partial charge in [0.1, 0.15) is 0 Å². The fraction of sp³-hybridized carbons (Fsp3) is 0.375. The van der Waals surface area contributed by atoms with Gasteiger partial charge in [-0.25, -0.2) is 0 Å². The molecule has 0 fully saturated rings. The summed E-state index contributed by atoms with van der Waals surface area (Å²) in [6, 6.07) is 9.13. The lowest BCUT2D eigenvalue weighted by Gasteiger charge is -2.22. The van der Waals surface area contributed by atoms with Gasteiger partial charge < -0.3 is 4.90 Å². The Morgan fingerprint density at radius 2 is 1.79 bits per heavy atom. The second-order valence-electron chi connectivity index (χ2n) is 4.76. The zero-order valence-corrected chi connectivity index (χ0v) is 13.4. The van der Waals surface area contributed by atoms with Crippen LogP contribution >= 0.6 is 22.7 Å². The minimum atomic E-state index is 0.458. The molecule has 0 saturated carbocycles. The van der Waals surface area contributed by atoms with Crippen LogP contribution in [-0.2, 0) is 0 Å². The molecule has 3 heteroatoms. The van der Waals surface area contributed by atoms with Gasteiger partial charge in [-0.1, -0.05) is 25.1 Å². The number of hydrogen-bond acceptors (Lipinski definition) is 3. The summed E-state index contributed by atoms with van der Waals surface area (Å²) in [6.45, 7) is 5.64. The molecule has 0 spiro atoms. The van der Waals surface area contributed by atoms with E-state index >= 15 is 0 Å². The Bertz CT molecular complexity index is 461. The fourth-order valence-electron chi connectivity index (χ4n) is 2.07. The minimum absolute atomic E-state index is 0.458. The predicted octanol–water partition coefficient (Wildman–Crippen LogP) is 4.97. The zero-order valence-electron chi connectivity index (χ0n) is 11.8. The summed E-state index contributed by atoms with van der Waals surface area (Å²) in [5.41, 5.74) is 1.38. The van der Waals surface area contributed by atoms with Crippen LogP contribution in [-0.4, -0.2) is 24.5 Å². The highest BCUT2D eigenvalue weighted by Gasteiger charge is 2.11. The molecular weight excluding hydrogens is 270 g/mol. The molecule has 2 aromatic rings. The smallest absolute Gasteiger partial charge is 0.0354 e. The molecule has 0 saturated heterocycles. The van der Waals surface area contributed by atoms with Crippen LogP contribution in [0.25, 0.3) is 5.57 Å². The number of rotatable bonds is 6. The summed E-state index contributed by atoms with van der Waals surface area (Å²) in [6.07, 6.45) is 3.59. The Balaban J connectivity index is 2.28. The second-order valence-corrected chi connectivity index (χ2v) is 6.65. The van der Waals surface area contributed by atoms with Crippen LogP contribution in [0, 0.1) is 0 Å². The number of likely N-dealkylation sites (N-methyl/N-ethyl adjacent to an activating group) is 1. The van der Waals surface area contributed by atoms with Crippen LogP contribution in [0.3, 0.4) is 0 Å². The van der Waals surface area contributed by atoms with Crippen molar-refractivity contribution in [3.63, 3.8) is 0 Å². The Morgan fingerprint density at radius 1 is 1.21 bits per heavy atom. The van der Waals surface area contributed by atoms with Gasteiger partial charge in [-0.3, -0.25) is 0 Å². The SMILES string of the molecule is CCCN(C)C(C)C=C(c1cccs1)c1cccs1. The van der Waals surface area contributed by atoms with E-state index < -0.39 is 0 Å². The maximum atomic E-state index is 2.40. The Hall–Kier alpha value is -0.900. The molecule has 19 heavy (non-hydrogen) atoms. The second kappa shape index (κ2) is 7.04. The van der Waals surface area contributed by atoms with E-state index in [1.807, 2.05) is 22.7 Å². The van der Waals surface area contributed by atoms with Crippen molar-refractivity contribution in [2.45, 2.75) is 26.3 Å². The summed E-state index contributed by atoms with van der Waals surface area (Å²) < 4.78 is 0. The van der Waals surface area contributed by atoms with Crippen molar-refractivity contribution in [1.82, 2.24) is 4.90 Å². The van der Waals surface area contributed by atoms with Crippen molar-refractivity contribution in [3.8, 4) is 0 Å². The van der Waals surface area contributed by atoms with E-state index in [1.165, 1.54) is 21.7 Å². The van der Waals surface area contributed by atoms with Gasteiger partial charge >= 0.3 is 0 Å². The molecule has 2 aromatic heterocycles. The van der Waals surface area contributed by atoms with Gasteiger partial charge in [0, 0.05) is 21.4 Å². The average molecular weight is 291 g/mol. The van der Waals surface area contributed by atoms with Gasteiger partial charge in [0.2, 0.25) is 0 Å². The fourth-order valence-corrected chi connectivity index (χ4v) is 3.67.